The van der Waals surface area contributed by atoms with Gasteiger partial charge in [-0.3, -0.25) is 4.57 Å². The number of hydrogen-bond donors (Lipinski definition) is 0. The van der Waals surface area contributed by atoms with E-state index in [0.29, 0.717) is 13.2 Å². The van der Waals surface area contributed by atoms with Gasteiger partial charge in [0, 0.05) is 16.1 Å². The van der Waals surface area contributed by atoms with Crippen molar-refractivity contribution >= 4 is 18.4 Å². The van der Waals surface area contributed by atoms with Gasteiger partial charge in [0.2, 0.25) is 0 Å². The zero-order valence-corrected chi connectivity index (χ0v) is 14.2. The molecule has 0 aliphatic heterocycles. The van der Waals surface area contributed by atoms with E-state index in [1.807, 2.05) is 31.2 Å². The van der Waals surface area contributed by atoms with E-state index in [0.717, 1.165) is 10.5 Å². The summed E-state index contributed by atoms with van der Waals surface area (Å²) in [6.07, 6.45) is 3.12. The SMILES string of the molecule is CCOP(=O)(/C=C/C=C/S(=O)c1ccc(C)cc1)OCC. The fraction of sp³-hybridized carbons (Fsp3) is 0.333. The molecule has 0 saturated heterocycles. The molecule has 0 amide bonds. The van der Waals surface area contributed by atoms with E-state index in [-0.39, 0.29) is 0 Å². The second-order valence-corrected chi connectivity index (χ2v) is 7.39. The van der Waals surface area contributed by atoms with Crippen molar-refractivity contribution < 1.29 is 17.8 Å². The molecule has 0 spiro atoms. The fourth-order valence-corrected chi connectivity index (χ4v) is 3.58. The molecule has 0 N–H and O–H groups in total. The highest BCUT2D eigenvalue weighted by Gasteiger charge is 2.18. The number of benzene rings is 1. The smallest absolute Gasteiger partial charge is 0.306 e. The Morgan fingerprint density at radius 2 is 1.67 bits per heavy atom. The van der Waals surface area contributed by atoms with Crippen molar-refractivity contribution in [2.45, 2.75) is 25.7 Å². The maximum Gasteiger partial charge on any atom is 0.354 e. The first-order valence-electron chi connectivity index (χ1n) is 6.73. The third-order valence-corrected chi connectivity index (χ3v) is 5.37. The van der Waals surface area contributed by atoms with Crippen molar-refractivity contribution in [3.63, 3.8) is 0 Å². The van der Waals surface area contributed by atoms with Crippen LogP contribution in [0.5, 0.6) is 0 Å². The quantitative estimate of drug-likeness (QED) is 0.524. The summed E-state index contributed by atoms with van der Waals surface area (Å²) in [6.45, 7) is 6.09. The third kappa shape index (κ3) is 6.53. The van der Waals surface area contributed by atoms with Crippen LogP contribution < -0.4 is 0 Å². The van der Waals surface area contributed by atoms with Gasteiger partial charge in [-0.15, -0.1) is 0 Å². The molecule has 1 unspecified atom stereocenters. The Hall–Kier alpha value is -1.00. The van der Waals surface area contributed by atoms with Crippen LogP contribution in [0.4, 0.5) is 0 Å². The largest absolute Gasteiger partial charge is 0.354 e. The lowest BCUT2D eigenvalue weighted by atomic mass is 10.2. The zero-order chi connectivity index (χ0) is 15.7. The van der Waals surface area contributed by atoms with Gasteiger partial charge < -0.3 is 9.05 Å². The molecule has 0 bridgehead atoms. The van der Waals surface area contributed by atoms with Crippen LogP contribution in [0.1, 0.15) is 19.4 Å². The van der Waals surface area contributed by atoms with Crippen LogP contribution in [0, 0.1) is 6.92 Å². The van der Waals surface area contributed by atoms with Gasteiger partial charge in [0.25, 0.3) is 0 Å². The summed E-state index contributed by atoms with van der Waals surface area (Å²) >= 11 is 0. The molecule has 6 heteroatoms. The molecule has 21 heavy (non-hydrogen) atoms. The lowest BCUT2D eigenvalue weighted by molar-refractivity contribution is 0.229. The lowest BCUT2D eigenvalue weighted by Crippen LogP contribution is -1.92. The maximum atomic E-state index is 12.1. The molecule has 1 atom stereocenters. The normalized spacial score (nSPS) is 14.0. The van der Waals surface area contributed by atoms with E-state index >= 15 is 0 Å². The Kier molecular flexibility index (Phi) is 7.83. The summed E-state index contributed by atoms with van der Waals surface area (Å²) in [5.41, 5.74) is 1.12. The van der Waals surface area contributed by atoms with Crippen LogP contribution >= 0.6 is 7.60 Å². The van der Waals surface area contributed by atoms with Crippen molar-refractivity contribution in [2.24, 2.45) is 0 Å². The predicted octanol–water partition coefficient (Wildman–Crippen LogP) is 4.40. The molecule has 0 fully saturated rings. The van der Waals surface area contributed by atoms with Crippen LogP contribution in [-0.2, 0) is 24.4 Å². The minimum atomic E-state index is -3.19. The number of allylic oxidation sites excluding steroid dienone is 2. The van der Waals surface area contributed by atoms with Gasteiger partial charge in [-0.2, -0.15) is 0 Å². The summed E-state index contributed by atoms with van der Waals surface area (Å²) in [6, 6.07) is 7.47. The first-order valence-corrected chi connectivity index (χ1v) is 9.55. The highest BCUT2D eigenvalue weighted by Crippen LogP contribution is 2.49. The van der Waals surface area contributed by atoms with E-state index in [1.54, 1.807) is 19.9 Å². The van der Waals surface area contributed by atoms with Crippen molar-refractivity contribution in [3.05, 3.63) is 53.2 Å². The Labute approximate surface area is 128 Å². The summed E-state index contributed by atoms with van der Waals surface area (Å²) in [5.74, 6) is 1.38. The summed E-state index contributed by atoms with van der Waals surface area (Å²) < 4.78 is 34.3. The summed E-state index contributed by atoms with van der Waals surface area (Å²) in [4.78, 5) is 0.725. The Bertz CT molecular complexity index is 554. The van der Waals surface area contributed by atoms with Gasteiger partial charge in [-0.25, -0.2) is 4.21 Å². The van der Waals surface area contributed by atoms with Crippen molar-refractivity contribution in [3.8, 4) is 0 Å². The number of hydrogen-bond acceptors (Lipinski definition) is 4. The molecule has 1 rings (SSSR count). The van der Waals surface area contributed by atoms with Gasteiger partial charge >= 0.3 is 7.60 Å². The second-order valence-electron chi connectivity index (χ2n) is 4.16. The van der Waals surface area contributed by atoms with Crippen molar-refractivity contribution in [2.75, 3.05) is 13.2 Å². The van der Waals surface area contributed by atoms with E-state index in [2.05, 4.69) is 0 Å². The van der Waals surface area contributed by atoms with Crippen molar-refractivity contribution in [1.29, 1.82) is 0 Å². The van der Waals surface area contributed by atoms with E-state index in [9.17, 15) is 8.77 Å². The minimum absolute atomic E-state index is 0.306. The first-order chi connectivity index (χ1) is 10.0. The Balaban J connectivity index is 2.67. The molecular weight excluding hydrogens is 307 g/mol. The molecule has 0 radical (unpaired) electrons. The molecular formula is C15H21O4PS. The minimum Gasteiger partial charge on any atom is -0.306 e. The zero-order valence-electron chi connectivity index (χ0n) is 12.5. The van der Waals surface area contributed by atoms with Crippen LogP contribution in [-0.4, -0.2) is 17.4 Å². The standard InChI is InChI=1S/C15H21O4PS/c1-4-18-20(16,19-5-2)12-6-7-13-21(17)15-10-8-14(3)9-11-15/h6-13H,4-5H2,1-3H3/b12-6+,13-7+. The molecule has 0 saturated carbocycles. The number of rotatable bonds is 8. The van der Waals surface area contributed by atoms with Gasteiger partial charge in [0.05, 0.1) is 24.0 Å². The van der Waals surface area contributed by atoms with E-state index in [1.165, 1.54) is 17.3 Å². The third-order valence-electron chi connectivity index (χ3n) is 2.45. The topological polar surface area (TPSA) is 52.6 Å². The summed E-state index contributed by atoms with van der Waals surface area (Å²) in [5, 5.41) is 1.53. The predicted molar refractivity (Wildman–Crippen MR) is 86.7 cm³/mol. The van der Waals surface area contributed by atoms with Gasteiger partial charge in [0.15, 0.2) is 0 Å². The Morgan fingerprint density at radius 3 is 2.19 bits per heavy atom. The average molecular weight is 328 g/mol. The van der Waals surface area contributed by atoms with Crippen LogP contribution in [0.15, 0.2) is 52.5 Å². The first kappa shape index (κ1) is 18.1. The fourth-order valence-electron chi connectivity index (χ4n) is 1.51. The monoisotopic (exact) mass is 328 g/mol. The van der Waals surface area contributed by atoms with Gasteiger partial charge in [0.1, 0.15) is 0 Å². The molecule has 1 aromatic rings. The van der Waals surface area contributed by atoms with Crippen LogP contribution in [0.3, 0.4) is 0 Å². The lowest BCUT2D eigenvalue weighted by Gasteiger charge is -2.11. The van der Waals surface area contributed by atoms with Gasteiger partial charge in [-0.1, -0.05) is 29.8 Å². The van der Waals surface area contributed by atoms with Crippen molar-refractivity contribution in [1.82, 2.24) is 0 Å². The second kappa shape index (κ2) is 9.11. The summed E-state index contributed by atoms with van der Waals surface area (Å²) in [7, 11) is -4.42. The molecule has 0 aliphatic rings. The van der Waals surface area contributed by atoms with Crippen LogP contribution in [0.25, 0.3) is 0 Å². The Morgan fingerprint density at radius 1 is 1.10 bits per heavy atom. The molecule has 4 nitrogen and oxygen atoms in total. The molecule has 0 aliphatic carbocycles. The average Bonchev–Trinajstić information content (AvgIpc) is 2.45. The molecule has 1 aromatic carbocycles. The maximum absolute atomic E-state index is 12.1. The highest BCUT2D eigenvalue weighted by molar-refractivity contribution is 7.88. The molecule has 0 aromatic heterocycles. The van der Waals surface area contributed by atoms with Gasteiger partial charge in [-0.05, 0) is 32.9 Å². The van der Waals surface area contributed by atoms with E-state index in [4.69, 9.17) is 9.05 Å². The van der Waals surface area contributed by atoms with E-state index < -0.39 is 18.4 Å². The molecule has 0 heterocycles. The molecule has 116 valence electrons. The number of aryl methyl sites for hydroxylation is 1. The van der Waals surface area contributed by atoms with Crippen LogP contribution in [0.2, 0.25) is 0 Å². The highest BCUT2D eigenvalue weighted by atomic mass is 32.2.